The van der Waals surface area contributed by atoms with Crippen molar-refractivity contribution in [2.24, 2.45) is 0 Å². The van der Waals surface area contributed by atoms with Gasteiger partial charge in [0, 0.05) is 32.0 Å². The molecule has 0 saturated carbocycles. The number of nitrogens with one attached hydrogen (secondary N) is 3. The molecule has 0 bridgehead atoms. The Kier molecular flexibility index (Phi) is 7.17. The maximum atomic E-state index is 12.0. The summed E-state index contributed by atoms with van der Waals surface area (Å²) in [5.41, 5.74) is 1.30. The number of aryl methyl sites for hydroxylation is 1. The molecule has 1 aromatic rings. The lowest BCUT2D eigenvalue weighted by Gasteiger charge is -2.09. The molecular formula is C14H22N4O3. The van der Waals surface area contributed by atoms with Gasteiger partial charge in [-0.15, -0.1) is 0 Å². The van der Waals surface area contributed by atoms with Crippen LogP contribution in [0.3, 0.4) is 0 Å². The fraction of sp³-hybridized carbons (Fsp3) is 0.500. The zero-order valence-electron chi connectivity index (χ0n) is 12.7. The molecule has 1 heterocycles. The van der Waals surface area contributed by atoms with Crippen LogP contribution in [0.1, 0.15) is 23.0 Å². The molecule has 21 heavy (non-hydrogen) atoms. The van der Waals surface area contributed by atoms with Gasteiger partial charge in [-0.05, 0) is 18.6 Å². The van der Waals surface area contributed by atoms with E-state index in [1.54, 1.807) is 26.3 Å². The number of aromatic nitrogens is 1. The molecule has 0 unspecified atom stereocenters. The van der Waals surface area contributed by atoms with Gasteiger partial charge in [-0.1, -0.05) is 6.92 Å². The first kappa shape index (κ1) is 16.9. The SMILES string of the molecule is CCc1cc(C(=O)NCC(=O)NCCOC)cc(NC)n1. The first-order valence-electron chi connectivity index (χ1n) is 6.83. The van der Waals surface area contributed by atoms with E-state index in [0.29, 0.717) is 24.5 Å². The Hall–Kier alpha value is -2.15. The summed E-state index contributed by atoms with van der Waals surface area (Å²) in [5.74, 6) is 0.0774. The average molecular weight is 294 g/mol. The van der Waals surface area contributed by atoms with Crippen molar-refractivity contribution in [2.75, 3.05) is 39.2 Å². The van der Waals surface area contributed by atoms with E-state index in [1.165, 1.54) is 0 Å². The minimum Gasteiger partial charge on any atom is -0.383 e. The van der Waals surface area contributed by atoms with Gasteiger partial charge in [0.25, 0.3) is 5.91 Å². The average Bonchev–Trinajstić information content (AvgIpc) is 2.52. The van der Waals surface area contributed by atoms with Crippen LogP contribution in [0.25, 0.3) is 0 Å². The zero-order chi connectivity index (χ0) is 15.7. The smallest absolute Gasteiger partial charge is 0.251 e. The highest BCUT2D eigenvalue weighted by Gasteiger charge is 2.10. The number of rotatable bonds is 8. The van der Waals surface area contributed by atoms with Crippen molar-refractivity contribution >= 4 is 17.6 Å². The van der Waals surface area contributed by atoms with Gasteiger partial charge in [0.05, 0.1) is 13.2 Å². The maximum absolute atomic E-state index is 12.0. The molecule has 0 aliphatic heterocycles. The molecule has 116 valence electrons. The molecule has 2 amide bonds. The van der Waals surface area contributed by atoms with Gasteiger partial charge in [0.1, 0.15) is 5.82 Å². The third-order valence-electron chi connectivity index (χ3n) is 2.80. The fourth-order valence-electron chi connectivity index (χ4n) is 1.65. The Labute approximate surface area is 124 Å². The second-order valence-electron chi connectivity index (χ2n) is 4.36. The summed E-state index contributed by atoms with van der Waals surface area (Å²) in [6.07, 6.45) is 0.729. The number of amides is 2. The van der Waals surface area contributed by atoms with Crippen LogP contribution in [-0.4, -0.2) is 50.7 Å². The van der Waals surface area contributed by atoms with Crippen LogP contribution in [0.4, 0.5) is 5.82 Å². The van der Waals surface area contributed by atoms with Crippen molar-refractivity contribution in [2.45, 2.75) is 13.3 Å². The quantitative estimate of drug-likeness (QED) is 0.595. The van der Waals surface area contributed by atoms with Crippen LogP contribution in [0.15, 0.2) is 12.1 Å². The Morgan fingerprint density at radius 3 is 2.67 bits per heavy atom. The van der Waals surface area contributed by atoms with Crippen LogP contribution in [0.5, 0.6) is 0 Å². The van der Waals surface area contributed by atoms with E-state index in [0.717, 1.165) is 12.1 Å². The lowest BCUT2D eigenvalue weighted by atomic mass is 10.2. The minimum absolute atomic E-state index is 0.0682. The highest BCUT2D eigenvalue weighted by atomic mass is 16.5. The molecule has 1 aromatic heterocycles. The largest absolute Gasteiger partial charge is 0.383 e. The van der Waals surface area contributed by atoms with E-state index >= 15 is 0 Å². The van der Waals surface area contributed by atoms with E-state index in [4.69, 9.17) is 4.74 Å². The Morgan fingerprint density at radius 1 is 1.29 bits per heavy atom. The van der Waals surface area contributed by atoms with Gasteiger partial charge < -0.3 is 20.7 Å². The summed E-state index contributed by atoms with van der Waals surface area (Å²) in [6.45, 7) is 2.76. The zero-order valence-corrected chi connectivity index (χ0v) is 12.7. The summed E-state index contributed by atoms with van der Waals surface area (Å²) in [4.78, 5) is 27.9. The number of hydrogen-bond donors (Lipinski definition) is 3. The first-order valence-corrected chi connectivity index (χ1v) is 6.83. The van der Waals surface area contributed by atoms with Crippen LogP contribution < -0.4 is 16.0 Å². The molecule has 0 aliphatic rings. The summed E-state index contributed by atoms with van der Waals surface area (Å²) >= 11 is 0. The highest BCUT2D eigenvalue weighted by Crippen LogP contribution is 2.10. The molecule has 7 nitrogen and oxygen atoms in total. The topological polar surface area (TPSA) is 92.4 Å². The minimum atomic E-state index is -0.300. The predicted molar refractivity (Wildman–Crippen MR) is 80.4 cm³/mol. The predicted octanol–water partition coefficient (Wildman–Crippen LogP) is 0.178. The van der Waals surface area contributed by atoms with E-state index in [1.807, 2.05) is 6.92 Å². The van der Waals surface area contributed by atoms with Crippen molar-refractivity contribution in [3.05, 3.63) is 23.4 Å². The van der Waals surface area contributed by atoms with Crippen molar-refractivity contribution in [3.8, 4) is 0 Å². The van der Waals surface area contributed by atoms with Crippen molar-refractivity contribution in [1.29, 1.82) is 0 Å². The highest BCUT2D eigenvalue weighted by molar-refractivity contribution is 5.97. The number of carbonyl (C=O) groups excluding carboxylic acids is 2. The molecule has 0 aliphatic carbocycles. The van der Waals surface area contributed by atoms with Crippen molar-refractivity contribution in [3.63, 3.8) is 0 Å². The van der Waals surface area contributed by atoms with Crippen LogP contribution in [-0.2, 0) is 16.0 Å². The number of nitrogens with zero attached hydrogens (tertiary/aromatic N) is 1. The van der Waals surface area contributed by atoms with Crippen molar-refractivity contribution in [1.82, 2.24) is 15.6 Å². The molecule has 3 N–H and O–H groups in total. The number of anilines is 1. The van der Waals surface area contributed by atoms with Gasteiger partial charge in [0.2, 0.25) is 5.91 Å². The molecule has 1 rings (SSSR count). The molecule has 0 radical (unpaired) electrons. The number of carbonyl (C=O) groups is 2. The van der Waals surface area contributed by atoms with Crippen LogP contribution in [0.2, 0.25) is 0 Å². The van der Waals surface area contributed by atoms with Crippen LogP contribution in [0, 0.1) is 0 Å². The lowest BCUT2D eigenvalue weighted by Crippen LogP contribution is -2.38. The van der Waals surface area contributed by atoms with Crippen LogP contribution >= 0.6 is 0 Å². The Morgan fingerprint density at radius 2 is 2.05 bits per heavy atom. The molecule has 7 heteroatoms. The fourth-order valence-corrected chi connectivity index (χ4v) is 1.65. The number of methoxy groups -OCH3 is 1. The van der Waals surface area contributed by atoms with E-state index in [9.17, 15) is 9.59 Å². The van der Waals surface area contributed by atoms with E-state index in [-0.39, 0.29) is 18.4 Å². The number of hydrogen-bond acceptors (Lipinski definition) is 5. The third kappa shape index (κ3) is 5.78. The normalized spacial score (nSPS) is 10.0. The Bertz CT molecular complexity index is 469. The Balaban J connectivity index is 2.57. The monoisotopic (exact) mass is 294 g/mol. The second-order valence-corrected chi connectivity index (χ2v) is 4.36. The molecule has 0 saturated heterocycles. The maximum Gasteiger partial charge on any atom is 0.251 e. The van der Waals surface area contributed by atoms with Crippen molar-refractivity contribution < 1.29 is 14.3 Å². The molecule has 0 aromatic carbocycles. The molecule has 0 spiro atoms. The van der Waals surface area contributed by atoms with E-state index < -0.39 is 0 Å². The molecule has 0 atom stereocenters. The number of pyridine rings is 1. The summed E-state index contributed by atoms with van der Waals surface area (Å²) < 4.78 is 4.82. The third-order valence-corrected chi connectivity index (χ3v) is 2.80. The number of ether oxygens (including phenoxy) is 1. The van der Waals surface area contributed by atoms with Gasteiger partial charge >= 0.3 is 0 Å². The summed E-state index contributed by atoms with van der Waals surface area (Å²) in [7, 11) is 3.30. The van der Waals surface area contributed by atoms with Gasteiger partial charge in [-0.3, -0.25) is 9.59 Å². The van der Waals surface area contributed by atoms with Gasteiger partial charge in [0.15, 0.2) is 0 Å². The molecular weight excluding hydrogens is 272 g/mol. The van der Waals surface area contributed by atoms with E-state index in [2.05, 4.69) is 20.9 Å². The first-order chi connectivity index (χ1) is 10.1. The summed E-state index contributed by atoms with van der Waals surface area (Å²) in [5, 5.41) is 8.12. The summed E-state index contributed by atoms with van der Waals surface area (Å²) in [6, 6.07) is 3.37. The molecule has 0 fully saturated rings. The standard InChI is InChI=1S/C14H22N4O3/c1-4-11-7-10(8-12(15-2)18-11)14(20)17-9-13(19)16-5-6-21-3/h7-8H,4-6,9H2,1-3H3,(H,15,18)(H,16,19)(H,17,20). The second kappa shape index (κ2) is 8.91. The lowest BCUT2D eigenvalue weighted by molar-refractivity contribution is -0.120. The van der Waals surface area contributed by atoms with Gasteiger partial charge in [-0.25, -0.2) is 4.98 Å². The van der Waals surface area contributed by atoms with Gasteiger partial charge in [-0.2, -0.15) is 0 Å².